The fraction of sp³-hybridized carbons (Fsp3) is 0.433. The van der Waals surface area contributed by atoms with Gasteiger partial charge in [0.25, 0.3) is 5.91 Å². The molecule has 38 heavy (non-hydrogen) atoms. The van der Waals surface area contributed by atoms with Crippen LogP contribution in [0.4, 0.5) is 0 Å². The van der Waals surface area contributed by atoms with Crippen molar-refractivity contribution >= 4 is 23.6 Å². The fourth-order valence-electron chi connectivity index (χ4n) is 5.73. The molecular formula is C30H36N4O4. The molecule has 0 aromatic heterocycles. The Morgan fingerprint density at radius 2 is 1.58 bits per heavy atom. The summed E-state index contributed by atoms with van der Waals surface area (Å²) in [5.41, 5.74) is 4.37. The smallest absolute Gasteiger partial charge is 0.257 e. The zero-order valence-corrected chi connectivity index (χ0v) is 22.4. The molecule has 2 heterocycles. The van der Waals surface area contributed by atoms with Crippen molar-refractivity contribution in [2.75, 3.05) is 46.9 Å². The van der Waals surface area contributed by atoms with Crippen molar-refractivity contribution in [1.29, 1.82) is 0 Å². The number of fused-ring (bicyclic) bond motifs is 1. The van der Waals surface area contributed by atoms with Crippen molar-refractivity contribution in [3.8, 4) is 11.5 Å². The summed E-state index contributed by atoms with van der Waals surface area (Å²) >= 11 is 0. The van der Waals surface area contributed by atoms with Gasteiger partial charge >= 0.3 is 0 Å². The van der Waals surface area contributed by atoms with Gasteiger partial charge in [-0.05, 0) is 66.3 Å². The Hall–Kier alpha value is -3.65. The highest BCUT2D eigenvalue weighted by Crippen LogP contribution is 2.44. The summed E-state index contributed by atoms with van der Waals surface area (Å²) in [6.07, 6.45) is 5.17. The van der Waals surface area contributed by atoms with E-state index in [0.29, 0.717) is 32.7 Å². The van der Waals surface area contributed by atoms with Crippen molar-refractivity contribution in [2.45, 2.75) is 32.2 Å². The van der Waals surface area contributed by atoms with Gasteiger partial charge in [-0.1, -0.05) is 24.3 Å². The molecule has 2 unspecified atom stereocenters. The molecule has 0 bridgehead atoms. The van der Waals surface area contributed by atoms with Crippen LogP contribution in [-0.2, 0) is 9.59 Å². The van der Waals surface area contributed by atoms with Crippen LogP contribution in [0.25, 0.3) is 6.08 Å². The predicted molar refractivity (Wildman–Crippen MR) is 147 cm³/mol. The number of piperazine rings is 1. The van der Waals surface area contributed by atoms with E-state index in [-0.39, 0.29) is 23.8 Å². The second-order valence-corrected chi connectivity index (χ2v) is 10.2. The van der Waals surface area contributed by atoms with Gasteiger partial charge in [-0.2, -0.15) is 5.10 Å². The van der Waals surface area contributed by atoms with E-state index in [9.17, 15) is 9.59 Å². The summed E-state index contributed by atoms with van der Waals surface area (Å²) in [7, 11) is 3.32. The Morgan fingerprint density at radius 3 is 2.18 bits per heavy atom. The van der Waals surface area contributed by atoms with Crippen molar-refractivity contribution in [1.82, 2.24) is 14.8 Å². The molecule has 1 saturated heterocycles. The molecule has 2 atom stereocenters. The molecule has 2 aromatic carbocycles. The third kappa shape index (κ3) is 5.45. The monoisotopic (exact) mass is 516 g/mol. The number of nitrogens with zero attached hydrogens (tertiary/aromatic N) is 4. The number of hydrazone groups is 1. The minimum atomic E-state index is -0.151. The van der Waals surface area contributed by atoms with Gasteiger partial charge in [-0.3, -0.25) is 14.5 Å². The van der Waals surface area contributed by atoms with Crippen LogP contribution < -0.4 is 9.47 Å². The Morgan fingerprint density at radius 1 is 0.947 bits per heavy atom. The SMILES string of the molecule is COc1ccc(/C=C2\CCCC3C2=NN(C(=O)CN2CCN(C(C)=O)CC2)C3c2ccc(OC)cc2)cc1. The van der Waals surface area contributed by atoms with Gasteiger partial charge in [-0.15, -0.1) is 0 Å². The Balaban J connectivity index is 1.42. The van der Waals surface area contributed by atoms with Gasteiger partial charge in [0.15, 0.2) is 0 Å². The predicted octanol–water partition coefficient (Wildman–Crippen LogP) is 3.99. The van der Waals surface area contributed by atoms with E-state index in [4.69, 9.17) is 14.6 Å². The summed E-state index contributed by atoms with van der Waals surface area (Å²) in [6, 6.07) is 15.9. The van der Waals surface area contributed by atoms with Crippen LogP contribution in [-0.4, -0.2) is 79.3 Å². The van der Waals surface area contributed by atoms with Gasteiger partial charge in [0.2, 0.25) is 5.91 Å². The van der Waals surface area contributed by atoms with Crippen LogP contribution in [0, 0.1) is 5.92 Å². The Labute approximate surface area is 224 Å². The van der Waals surface area contributed by atoms with E-state index < -0.39 is 0 Å². The van der Waals surface area contributed by atoms with Crippen molar-refractivity contribution < 1.29 is 19.1 Å². The van der Waals surface area contributed by atoms with E-state index in [1.807, 2.05) is 29.2 Å². The molecule has 5 rings (SSSR count). The number of hydrogen-bond donors (Lipinski definition) is 0. The van der Waals surface area contributed by atoms with E-state index in [1.165, 1.54) is 5.57 Å². The number of hydrogen-bond acceptors (Lipinski definition) is 6. The number of methoxy groups -OCH3 is 2. The summed E-state index contributed by atoms with van der Waals surface area (Å²) in [4.78, 5) is 29.4. The minimum absolute atomic E-state index is 0.00668. The topological polar surface area (TPSA) is 74.7 Å². The third-order valence-electron chi connectivity index (χ3n) is 7.85. The van der Waals surface area contributed by atoms with Crippen LogP contribution in [0.15, 0.2) is 59.2 Å². The molecule has 0 N–H and O–H groups in total. The number of ether oxygens (including phenoxy) is 2. The first-order chi connectivity index (χ1) is 18.5. The van der Waals surface area contributed by atoms with E-state index in [2.05, 4.69) is 35.2 Å². The first-order valence-electron chi connectivity index (χ1n) is 13.3. The number of carbonyl (C=O) groups is 2. The molecule has 0 radical (unpaired) electrons. The molecule has 2 aliphatic heterocycles. The highest BCUT2D eigenvalue weighted by molar-refractivity contribution is 6.08. The molecule has 2 fully saturated rings. The second kappa shape index (κ2) is 11.4. The van der Waals surface area contributed by atoms with Crippen LogP contribution in [0.2, 0.25) is 0 Å². The van der Waals surface area contributed by atoms with E-state index in [1.54, 1.807) is 26.2 Å². The maximum Gasteiger partial charge on any atom is 0.257 e. The minimum Gasteiger partial charge on any atom is -0.497 e. The van der Waals surface area contributed by atoms with Gasteiger partial charge in [0.05, 0.1) is 32.5 Å². The quantitative estimate of drug-likeness (QED) is 0.581. The van der Waals surface area contributed by atoms with Gasteiger partial charge in [-0.25, -0.2) is 5.01 Å². The van der Waals surface area contributed by atoms with Crippen LogP contribution in [0.5, 0.6) is 11.5 Å². The number of carbonyl (C=O) groups excluding carboxylic acids is 2. The largest absolute Gasteiger partial charge is 0.497 e. The molecule has 1 saturated carbocycles. The maximum absolute atomic E-state index is 13.8. The lowest BCUT2D eigenvalue weighted by Crippen LogP contribution is -2.50. The molecule has 8 nitrogen and oxygen atoms in total. The van der Waals surface area contributed by atoms with Gasteiger partial charge in [0.1, 0.15) is 11.5 Å². The lowest BCUT2D eigenvalue weighted by atomic mass is 9.77. The van der Waals surface area contributed by atoms with Crippen LogP contribution >= 0.6 is 0 Å². The van der Waals surface area contributed by atoms with Crippen LogP contribution in [0.3, 0.4) is 0 Å². The summed E-state index contributed by atoms with van der Waals surface area (Å²) < 4.78 is 10.7. The number of benzene rings is 2. The zero-order valence-electron chi connectivity index (χ0n) is 22.4. The van der Waals surface area contributed by atoms with E-state index in [0.717, 1.165) is 47.6 Å². The highest BCUT2D eigenvalue weighted by Gasteiger charge is 2.44. The molecule has 2 amide bonds. The van der Waals surface area contributed by atoms with E-state index >= 15 is 0 Å². The van der Waals surface area contributed by atoms with Gasteiger partial charge in [0, 0.05) is 39.0 Å². The third-order valence-corrected chi connectivity index (χ3v) is 7.85. The average Bonchev–Trinajstić information content (AvgIpc) is 3.35. The maximum atomic E-state index is 13.8. The molecular weight excluding hydrogens is 480 g/mol. The summed E-state index contributed by atoms with van der Waals surface area (Å²) in [5, 5.41) is 6.74. The Kier molecular flexibility index (Phi) is 7.79. The lowest BCUT2D eigenvalue weighted by molar-refractivity contribution is -0.136. The fourth-order valence-corrected chi connectivity index (χ4v) is 5.73. The number of allylic oxidation sites excluding steroid dienone is 1. The number of amides is 2. The second-order valence-electron chi connectivity index (χ2n) is 10.2. The molecule has 0 spiro atoms. The zero-order chi connectivity index (χ0) is 26.6. The lowest BCUT2D eigenvalue weighted by Gasteiger charge is -2.35. The van der Waals surface area contributed by atoms with Crippen LogP contribution in [0.1, 0.15) is 43.4 Å². The summed E-state index contributed by atoms with van der Waals surface area (Å²) in [6.45, 7) is 4.57. The molecule has 200 valence electrons. The van der Waals surface area contributed by atoms with Crippen molar-refractivity contribution in [3.63, 3.8) is 0 Å². The molecule has 2 aromatic rings. The standard InChI is InChI=1S/C30H36N4O4/c1-21(35)33-17-15-32(16-18-33)20-28(36)34-30(23-9-13-26(38-3)14-10-23)27-6-4-5-24(29(27)31-34)19-22-7-11-25(37-2)12-8-22/h7-14,19,27,30H,4-6,15-18,20H2,1-3H3/b24-19+. The molecule has 8 heteroatoms. The average molecular weight is 517 g/mol. The number of rotatable bonds is 6. The first-order valence-corrected chi connectivity index (χ1v) is 13.3. The molecule has 3 aliphatic rings. The Bertz CT molecular complexity index is 1210. The summed E-state index contributed by atoms with van der Waals surface area (Å²) in [5.74, 6) is 1.83. The highest BCUT2D eigenvalue weighted by atomic mass is 16.5. The van der Waals surface area contributed by atoms with Gasteiger partial charge < -0.3 is 14.4 Å². The van der Waals surface area contributed by atoms with Crippen molar-refractivity contribution in [3.05, 3.63) is 65.2 Å². The normalized spacial score (nSPS) is 22.7. The van der Waals surface area contributed by atoms with Crippen molar-refractivity contribution in [2.24, 2.45) is 11.0 Å². The first kappa shape index (κ1) is 26.0. The molecule has 1 aliphatic carbocycles.